The van der Waals surface area contributed by atoms with Crippen molar-refractivity contribution < 1.29 is 0 Å². The maximum Gasteiger partial charge on any atom is 0.131 e. The Bertz CT molecular complexity index is 1480. The largest absolute Gasteiger partial charge is 0.359 e. The van der Waals surface area contributed by atoms with Gasteiger partial charge in [-0.25, -0.2) is 0 Å². The molecule has 2 aliphatic rings. The number of nitrogens with one attached hydrogen (secondary N) is 1. The lowest BCUT2D eigenvalue weighted by Crippen LogP contribution is -2.27. The first-order chi connectivity index (χ1) is 15.4. The Hall–Kier alpha value is -4.04. The van der Waals surface area contributed by atoms with E-state index in [9.17, 15) is 0 Å². The Morgan fingerprint density at radius 2 is 1.26 bits per heavy atom. The number of nitrogens with zero attached hydrogens (tertiary/aromatic N) is 1. The zero-order chi connectivity index (χ0) is 20.4. The molecule has 146 valence electrons. The zero-order valence-corrected chi connectivity index (χ0v) is 16.9. The lowest BCUT2D eigenvalue weighted by Gasteiger charge is -2.35. The molecule has 5 aromatic carbocycles. The van der Waals surface area contributed by atoms with Crippen LogP contribution in [0.15, 0.2) is 109 Å². The summed E-state index contributed by atoms with van der Waals surface area (Å²) >= 11 is 0. The first-order valence-corrected chi connectivity index (χ1v) is 10.7. The van der Waals surface area contributed by atoms with Crippen molar-refractivity contribution >= 4 is 27.8 Å². The molecule has 0 aromatic heterocycles. The van der Waals surface area contributed by atoms with E-state index < -0.39 is 0 Å². The first kappa shape index (κ1) is 16.7. The number of anilines is 3. The minimum atomic E-state index is 0.118. The summed E-state index contributed by atoms with van der Waals surface area (Å²) in [6.45, 7) is 0. The first-order valence-electron chi connectivity index (χ1n) is 10.7. The molecule has 1 N–H and O–H groups in total. The summed E-state index contributed by atoms with van der Waals surface area (Å²) in [5.74, 6) is 0. The number of rotatable bonds is 1. The van der Waals surface area contributed by atoms with Crippen LogP contribution in [0.4, 0.5) is 17.1 Å². The molecule has 2 aliphatic heterocycles. The van der Waals surface area contributed by atoms with E-state index >= 15 is 0 Å². The van der Waals surface area contributed by atoms with Crippen molar-refractivity contribution in [3.05, 3.63) is 115 Å². The third-order valence-corrected chi connectivity index (χ3v) is 6.60. The molecule has 0 amide bonds. The molecule has 5 aromatic rings. The molecule has 0 saturated heterocycles. The van der Waals surface area contributed by atoms with Crippen LogP contribution in [0, 0.1) is 0 Å². The van der Waals surface area contributed by atoms with Gasteiger partial charge in [-0.2, -0.15) is 0 Å². The molecule has 7 rings (SSSR count). The Morgan fingerprint density at radius 1 is 0.548 bits per heavy atom. The Kier molecular flexibility index (Phi) is 3.36. The van der Waals surface area contributed by atoms with E-state index in [0.29, 0.717) is 0 Å². The lowest BCUT2D eigenvalue weighted by molar-refractivity contribution is 0.819. The highest BCUT2D eigenvalue weighted by Gasteiger charge is 2.37. The number of fused-ring (bicyclic) bond motifs is 9. The van der Waals surface area contributed by atoms with Gasteiger partial charge in [0.1, 0.15) is 6.17 Å². The molecule has 2 heteroatoms. The fourth-order valence-corrected chi connectivity index (χ4v) is 5.13. The summed E-state index contributed by atoms with van der Waals surface area (Å²) in [5.41, 5.74) is 10.1. The highest BCUT2D eigenvalue weighted by molar-refractivity contribution is 5.96. The van der Waals surface area contributed by atoms with E-state index in [4.69, 9.17) is 0 Å². The van der Waals surface area contributed by atoms with Gasteiger partial charge in [-0.3, -0.25) is 0 Å². The highest BCUT2D eigenvalue weighted by atomic mass is 15.3. The van der Waals surface area contributed by atoms with Gasteiger partial charge in [-0.15, -0.1) is 0 Å². The van der Waals surface area contributed by atoms with Crippen molar-refractivity contribution in [1.82, 2.24) is 0 Å². The summed E-state index contributed by atoms with van der Waals surface area (Å²) in [6.07, 6.45) is 0.118. The standard InChI is InChI=1S/C29H20N2/c1-2-8-20-17-21(14-13-19(20)7-1)22-15-16-24-25(18-22)23-9-3-5-11-27(23)31-28-12-6-4-10-26(28)30-29(24)31/h1-18,29-30H. The van der Waals surface area contributed by atoms with E-state index in [1.165, 1.54) is 55.7 Å². The van der Waals surface area contributed by atoms with Crippen LogP contribution >= 0.6 is 0 Å². The van der Waals surface area contributed by atoms with Crippen LogP contribution in [0.5, 0.6) is 0 Å². The minimum Gasteiger partial charge on any atom is -0.359 e. The normalized spacial score (nSPS) is 15.6. The van der Waals surface area contributed by atoms with E-state index in [2.05, 4.69) is 119 Å². The van der Waals surface area contributed by atoms with Crippen molar-refractivity contribution in [3.63, 3.8) is 0 Å². The molecule has 0 saturated carbocycles. The summed E-state index contributed by atoms with van der Waals surface area (Å²) < 4.78 is 0. The summed E-state index contributed by atoms with van der Waals surface area (Å²) in [6, 6.07) is 39.5. The van der Waals surface area contributed by atoms with Crippen molar-refractivity contribution in [3.8, 4) is 22.3 Å². The second-order valence-electron chi connectivity index (χ2n) is 8.32. The van der Waals surface area contributed by atoms with E-state index in [0.717, 1.165) is 0 Å². The molecule has 0 aliphatic carbocycles. The SMILES string of the molecule is c1ccc2c(c1)NC1c3ccc(-c4ccc5ccccc5c4)cc3-c3ccccc3N21. The molecule has 0 bridgehead atoms. The van der Waals surface area contributed by atoms with Crippen molar-refractivity contribution in [2.24, 2.45) is 0 Å². The Labute approximate surface area is 181 Å². The van der Waals surface area contributed by atoms with Crippen LogP contribution in [0.25, 0.3) is 33.0 Å². The fraction of sp³-hybridized carbons (Fsp3) is 0.0345. The summed E-state index contributed by atoms with van der Waals surface area (Å²) in [4.78, 5) is 2.43. The van der Waals surface area contributed by atoms with Gasteiger partial charge in [0.2, 0.25) is 0 Å². The van der Waals surface area contributed by atoms with Crippen molar-refractivity contribution in [2.45, 2.75) is 6.17 Å². The number of para-hydroxylation sites is 3. The summed E-state index contributed by atoms with van der Waals surface area (Å²) in [5, 5.41) is 6.29. The molecular formula is C29H20N2. The predicted molar refractivity (Wildman–Crippen MR) is 130 cm³/mol. The van der Waals surface area contributed by atoms with Crippen molar-refractivity contribution in [1.29, 1.82) is 0 Å². The molecular weight excluding hydrogens is 376 g/mol. The molecule has 31 heavy (non-hydrogen) atoms. The van der Waals surface area contributed by atoms with Gasteiger partial charge < -0.3 is 10.2 Å². The Balaban J connectivity index is 1.42. The van der Waals surface area contributed by atoms with Crippen LogP contribution < -0.4 is 10.2 Å². The monoisotopic (exact) mass is 396 g/mol. The van der Waals surface area contributed by atoms with Gasteiger partial charge >= 0.3 is 0 Å². The molecule has 2 heterocycles. The van der Waals surface area contributed by atoms with E-state index in [1.54, 1.807) is 0 Å². The van der Waals surface area contributed by atoms with E-state index in [1.807, 2.05) is 0 Å². The van der Waals surface area contributed by atoms with Gasteiger partial charge in [0.15, 0.2) is 0 Å². The van der Waals surface area contributed by atoms with Crippen LogP contribution in [-0.2, 0) is 0 Å². The minimum absolute atomic E-state index is 0.118. The van der Waals surface area contributed by atoms with Gasteiger partial charge in [0.25, 0.3) is 0 Å². The van der Waals surface area contributed by atoms with Crippen LogP contribution in [0.2, 0.25) is 0 Å². The van der Waals surface area contributed by atoms with Gasteiger partial charge in [-0.1, -0.05) is 78.9 Å². The number of benzene rings is 5. The maximum atomic E-state index is 3.74. The van der Waals surface area contributed by atoms with Gasteiger partial charge in [0.05, 0.1) is 17.1 Å². The predicted octanol–water partition coefficient (Wildman–Crippen LogP) is 7.75. The maximum absolute atomic E-state index is 3.74. The fourth-order valence-electron chi connectivity index (χ4n) is 5.13. The molecule has 0 spiro atoms. The van der Waals surface area contributed by atoms with Crippen LogP contribution in [0.3, 0.4) is 0 Å². The number of hydrogen-bond donors (Lipinski definition) is 1. The molecule has 0 fully saturated rings. The average molecular weight is 396 g/mol. The second kappa shape index (κ2) is 6.23. The van der Waals surface area contributed by atoms with Gasteiger partial charge in [0, 0.05) is 11.1 Å². The third kappa shape index (κ3) is 2.39. The van der Waals surface area contributed by atoms with Crippen LogP contribution in [0.1, 0.15) is 11.7 Å². The average Bonchev–Trinajstić information content (AvgIpc) is 3.23. The van der Waals surface area contributed by atoms with E-state index in [-0.39, 0.29) is 6.17 Å². The second-order valence-corrected chi connectivity index (χ2v) is 8.32. The van der Waals surface area contributed by atoms with Gasteiger partial charge in [-0.05, 0) is 57.8 Å². The smallest absolute Gasteiger partial charge is 0.131 e. The molecule has 1 unspecified atom stereocenters. The molecule has 0 radical (unpaired) electrons. The van der Waals surface area contributed by atoms with Crippen molar-refractivity contribution in [2.75, 3.05) is 10.2 Å². The van der Waals surface area contributed by atoms with Crippen LogP contribution in [-0.4, -0.2) is 0 Å². The third-order valence-electron chi connectivity index (χ3n) is 6.60. The Morgan fingerprint density at radius 3 is 2.19 bits per heavy atom. The molecule has 1 atom stereocenters. The zero-order valence-electron chi connectivity index (χ0n) is 16.9. The summed E-state index contributed by atoms with van der Waals surface area (Å²) in [7, 11) is 0. The number of hydrogen-bond acceptors (Lipinski definition) is 2. The topological polar surface area (TPSA) is 15.3 Å². The molecule has 2 nitrogen and oxygen atoms in total. The lowest BCUT2D eigenvalue weighted by atomic mass is 9.88. The quantitative estimate of drug-likeness (QED) is 0.312. The highest BCUT2D eigenvalue weighted by Crippen LogP contribution is 2.54.